The zero-order chi connectivity index (χ0) is 19.0. The van der Waals surface area contributed by atoms with Gasteiger partial charge in [0.25, 0.3) is 0 Å². The van der Waals surface area contributed by atoms with Crippen molar-refractivity contribution in [2.75, 3.05) is 23.4 Å². The molecule has 0 radical (unpaired) electrons. The van der Waals surface area contributed by atoms with Crippen LogP contribution in [-0.2, 0) is 21.2 Å². The number of hydrogen-bond donors (Lipinski definition) is 3. The maximum Gasteiger partial charge on any atom is 0.224 e. The molecule has 1 heterocycles. The Morgan fingerprint density at radius 2 is 1.96 bits per heavy atom. The van der Waals surface area contributed by atoms with Crippen LogP contribution in [0.5, 0.6) is 0 Å². The van der Waals surface area contributed by atoms with Gasteiger partial charge in [0, 0.05) is 24.7 Å². The van der Waals surface area contributed by atoms with Crippen molar-refractivity contribution in [2.45, 2.75) is 45.7 Å². The number of hydrogen-bond acceptors (Lipinski definition) is 4. The number of rotatable bonds is 7. The normalized spacial score (nSPS) is 19.2. The average Bonchev–Trinajstić information content (AvgIpc) is 2.93. The molecule has 1 saturated heterocycles. The minimum atomic E-state index is -2.92. The predicted octanol–water partition coefficient (Wildman–Crippen LogP) is 1.67. The first-order valence-electron chi connectivity index (χ1n) is 9.06. The third kappa shape index (κ3) is 6.67. The minimum Gasteiger partial charge on any atom is -0.357 e. The molecule has 3 N–H and O–H groups in total. The molecule has 0 saturated carbocycles. The van der Waals surface area contributed by atoms with E-state index in [-0.39, 0.29) is 23.5 Å². The van der Waals surface area contributed by atoms with E-state index in [9.17, 15) is 13.2 Å². The molecule has 8 heteroatoms. The van der Waals surface area contributed by atoms with Crippen molar-refractivity contribution in [2.24, 2.45) is 4.99 Å². The lowest BCUT2D eigenvalue weighted by Crippen LogP contribution is -2.44. The van der Waals surface area contributed by atoms with Crippen molar-refractivity contribution in [1.29, 1.82) is 0 Å². The zero-order valence-electron chi connectivity index (χ0n) is 15.4. The third-order valence-electron chi connectivity index (χ3n) is 4.05. The van der Waals surface area contributed by atoms with Crippen LogP contribution in [-0.4, -0.2) is 44.4 Å². The summed E-state index contributed by atoms with van der Waals surface area (Å²) < 4.78 is 23.2. The maximum atomic E-state index is 11.6. The predicted molar refractivity (Wildman–Crippen MR) is 105 cm³/mol. The second kappa shape index (κ2) is 9.56. The van der Waals surface area contributed by atoms with Crippen LogP contribution in [0.25, 0.3) is 0 Å². The summed E-state index contributed by atoms with van der Waals surface area (Å²) in [6.45, 7) is 5.11. The van der Waals surface area contributed by atoms with Crippen LogP contribution in [0.15, 0.2) is 29.3 Å². The van der Waals surface area contributed by atoms with Crippen LogP contribution in [0.3, 0.4) is 0 Å². The molecule has 1 aromatic rings. The fourth-order valence-corrected chi connectivity index (χ4v) is 4.41. The van der Waals surface area contributed by atoms with E-state index in [1.165, 1.54) is 0 Å². The summed E-state index contributed by atoms with van der Waals surface area (Å²) in [6.07, 6.45) is 1.95. The van der Waals surface area contributed by atoms with Crippen LogP contribution in [0.1, 0.15) is 38.7 Å². The lowest BCUT2D eigenvalue weighted by molar-refractivity contribution is -0.116. The number of carbonyl (C=O) groups is 1. The van der Waals surface area contributed by atoms with Gasteiger partial charge in [-0.1, -0.05) is 19.1 Å². The molecule has 0 spiro atoms. The Labute approximate surface area is 155 Å². The first-order valence-corrected chi connectivity index (χ1v) is 10.9. The van der Waals surface area contributed by atoms with Crippen molar-refractivity contribution in [3.63, 3.8) is 0 Å². The number of guanidine groups is 1. The summed E-state index contributed by atoms with van der Waals surface area (Å²) >= 11 is 0. The van der Waals surface area contributed by atoms with Crippen LogP contribution >= 0.6 is 0 Å². The first kappa shape index (κ1) is 20.2. The Hall–Kier alpha value is -2.09. The molecule has 2 rings (SSSR count). The number of benzene rings is 1. The SMILES string of the molecule is CCCC(=O)Nc1ccc(CN=C(NCC)NC2CCS(=O)(=O)C2)cc1. The molecule has 0 aliphatic carbocycles. The first-order chi connectivity index (χ1) is 12.4. The molecule has 0 aromatic heterocycles. The van der Waals surface area contributed by atoms with Gasteiger partial charge in [0.15, 0.2) is 15.8 Å². The Morgan fingerprint density at radius 1 is 1.23 bits per heavy atom. The van der Waals surface area contributed by atoms with Gasteiger partial charge in [0.05, 0.1) is 18.1 Å². The minimum absolute atomic E-state index is 0.0171. The fraction of sp³-hybridized carbons (Fsp3) is 0.556. The standard InChI is InChI=1S/C18H28N4O3S/c1-3-5-17(23)21-15-8-6-14(7-9-15)12-20-18(19-4-2)22-16-10-11-26(24,25)13-16/h6-9,16H,3-5,10-13H2,1-2H3,(H,21,23)(H2,19,20,22). The van der Waals surface area contributed by atoms with Crippen LogP contribution < -0.4 is 16.0 Å². The van der Waals surface area contributed by atoms with Crippen molar-refractivity contribution in [3.05, 3.63) is 29.8 Å². The number of carbonyl (C=O) groups excluding carboxylic acids is 1. The highest BCUT2D eigenvalue weighted by Crippen LogP contribution is 2.12. The molecule has 1 aliphatic rings. The van der Waals surface area contributed by atoms with Gasteiger partial charge in [0.2, 0.25) is 5.91 Å². The van der Waals surface area contributed by atoms with Crippen LogP contribution in [0, 0.1) is 0 Å². The number of aliphatic imine (C=N–C) groups is 1. The van der Waals surface area contributed by atoms with Gasteiger partial charge in [-0.05, 0) is 37.5 Å². The lowest BCUT2D eigenvalue weighted by Gasteiger charge is -2.15. The molecular formula is C18H28N4O3S. The molecule has 1 atom stereocenters. The zero-order valence-corrected chi connectivity index (χ0v) is 16.2. The summed E-state index contributed by atoms with van der Waals surface area (Å²) in [6, 6.07) is 7.49. The number of sulfone groups is 1. The lowest BCUT2D eigenvalue weighted by atomic mass is 10.2. The van der Waals surface area contributed by atoms with Gasteiger partial charge < -0.3 is 16.0 Å². The number of nitrogens with one attached hydrogen (secondary N) is 3. The molecule has 26 heavy (non-hydrogen) atoms. The van der Waals surface area contributed by atoms with E-state index < -0.39 is 9.84 Å². The fourth-order valence-electron chi connectivity index (χ4n) is 2.74. The van der Waals surface area contributed by atoms with E-state index in [2.05, 4.69) is 20.9 Å². The molecule has 1 aromatic carbocycles. The van der Waals surface area contributed by atoms with Crippen molar-refractivity contribution in [3.8, 4) is 0 Å². The van der Waals surface area contributed by atoms with Gasteiger partial charge in [-0.15, -0.1) is 0 Å². The smallest absolute Gasteiger partial charge is 0.224 e. The van der Waals surface area contributed by atoms with E-state index in [1.54, 1.807) is 0 Å². The topological polar surface area (TPSA) is 99.7 Å². The quantitative estimate of drug-likeness (QED) is 0.494. The Kier molecular flexibility index (Phi) is 7.44. The molecule has 1 fully saturated rings. The highest BCUT2D eigenvalue weighted by atomic mass is 32.2. The number of amides is 1. The second-order valence-corrected chi connectivity index (χ2v) is 8.66. The summed E-state index contributed by atoms with van der Waals surface area (Å²) in [7, 11) is -2.92. The van der Waals surface area contributed by atoms with Crippen LogP contribution in [0.4, 0.5) is 5.69 Å². The third-order valence-corrected chi connectivity index (χ3v) is 5.82. The Balaban J connectivity index is 1.93. The molecule has 1 aliphatic heterocycles. The summed E-state index contributed by atoms with van der Waals surface area (Å²) in [4.78, 5) is 16.1. The van der Waals surface area contributed by atoms with Gasteiger partial charge >= 0.3 is 0 Å². The molecule has 7 nitrogen and oxygen atoms in total. The molecule has 0 bridgehead atoms. The highest BCUT2D eigenvalue weighted by molar-refractivity contribution is 7.91. The monoisotopic (exact) mass is 380 g/mol. The molecule has 1 amide bonds. The molecular weight excluding hydrogens is 352 g/mol. The van der Waals surface area contributed by atoms with Gasteiger partial charge in [-0.2, -0.15) is 0 Å². The van der Waals surface area contributed by atoms with E-state index in [4.69, 9.17) is 0 Å². The van der Waals surface area contributed by atoms with E-state index >= 15 is 0 Å². The van der Waals surface area contributed by atoms with Crippen molar-refractivity contribution < 1.29 is 13.2 Å². The van der Waals surface area contributed by atoms with E-state index in [0.29, 0.717) is 31.9 Å². The summed E-state index contributed by atoms with van der Waals surface area (Å²) in [5.41, 5.74) is 1.78. The molecule has 1 unspecified atom stereocenters. The Morgan fingerprint density at radius 3 is 2.54 bits per heavy atom. The van der Waals surface area contributed by atoms with Crippen molar-refractivity contribution in [1.82, 2.24) is 10.6 Å². The van der Waals surface area contributed by atoms with Crippen LogP contribution in [0.2, 0.25) is 0 Å². The molecule has 144 valence electrons. The van der Waals surface area contributed by atoms with E-state index in [0.717, 1.165) is 17.7 Å². The van der Waals surface area contributed by atoms with Gasteiger partial charge in [0.1, 0.15) is 0 Å². The van der Waals surface area contributed by atoms with Gasteiger partial charge in [-0.3, -0.25) is 4.79 Å². The number of nitrogens with zero attached hydrogens (tertiary/aromatic N) is 1. The summed E-state index contributed by atoms with van der Waals surface area (Å²) in [5.74, 6) is 1.03. The largest absolute Gasteiger partial charge is 0.357 e. The summed E-state index contributed by atoms with van der Waals surface area (Å²) in [5, 5.41) is 9.20. The highest BCUT2D eigenvalue weighted by Gasteiger charge is 2.28. The van der Waals surface area contributed by atoms with Gasteiger partial charge in [-0.25, -0.2) is 13.4 Å². The Bertz CT molecular complexity index is 729. The maximum absolute atomic E-state index is 11.6. The average molecular weight is 381 g/mol. The van der Waals surface area contributed by atoms with E-state index in [1.807, 2.05) is 38.1 Å². The second-order valence-electron chi connectivity index (χ2n) is 6.43. The van der Waals surface area contributed by atoms with Crippen molar-refractivity contribution >= 4 is 27.4 Å². The number of anilines is 1.